The average molecular weight is 226 g/mol. The van der Waals surface area contributed by atoms with Crippen molar-refractivity contribution in [3.05, 3.63) is 0 Å². The SMILES string of the molecule is CCC1CCCCC1OCC(=O)C(C)(C)C. The molecule has 2 heteroatoms. The monoisotopic (exact) mass is 226 g/mol. The zero-order chi connectivity index (χ0) is 12.2. The van der Waals surface area contributed by atoms with Crippen LogP contribution in [0.3, 0.4) is 0 Å². The van der Waals surface area contributed by atoms with E-state index in [-0.39, 0.29) is 11.2 Å². The molecule has 1 aliphatic rings. The van der Waals surface area contributed by atoms with Gasteiger partial charge in [0.15, 0.2) is 5.78 Å². The summed E-state index contributed by atoms with van der Waals surface area (Å²) >= 11 is 0. The van der Waals surface area contributed by atoms with Crippen LogP contribution >= 0.6 is 0 Å². The van der Waals surface area contributed by atoms with E-state index in [0.29, 0.717) is 18.6 Å². The van der Waals surface area contributed by atoms with Gasteiger partial charge in [-0.3, -0.25) is 4.79 Å². The molecule has 2 unspecified atom stereocenters. The van der Waals surface area contributed by atoms with Gasteiger partial charge in [-0.25, -0.2) is 0 Å². The number of carbonyl (C=O) groups is 1. The maximum atomic E-state index is 11.8. The van der Waals surface area contributed by atoms with Crippen molar-refractivity contribution in [1.82, 2.24) is 0 Å². The van der Waals surface area contributed by atoms with Crippen molar-refractivity contribution in [2.45, 2.75) is 65.9 Å². The first kappa shape index (κ1) is 13.7. The quantitative estimate of drug-likeness (QED) is 0.732. The predicted octanol–water partition coefficient (Wildman–Crippen LogP) is 3.59. The standard InChI is InChI=1S/C14H26O2/c1-5-11-8-6-7-9-12(11)16-10-13(15)14(2,3)4/h11-12H,5-10H2,1-4H3. The van der Waals surface area contributed by atoms with Gasteiger partial charge in [0.1, 0.15) is 6.61 Å². The Hall–Kier alpha value is -0.370. The molecule has 0 heterocycles. The zero-order valence-corrected chi connectivity index (χ0v) is 11.2. The fourth-order valence-electron chi connectivity index (χ4n) is 2.26. The van der Waals surface area contributed by atoms with Gasteiger partial charge in [-0.1, -0.05) is 47.0 Å². The lowest BCUT2D eigenvalue weighted by molar-refractivity contribution is -0.135. The largest absolute Gasteiger partial charge is 0.370 e. The second-order valence-electron chi connectivity index (χ2n) is 5.98. The van der Waals surface area contributed by atoms with Gasteiger partial charge in [-0.2, -0.15) is 0 Å². The highest BCUT2D eigenvalue weighted by Gasteiger charge is 2.27. The molecule has 0 spiro atoms. The number of hydrogen-bond donors (Lipinski definition) is 0. The number of hydrogen-bond acceptors (Lipinski definition) is 2. The van der Waals surface area contributed by atoms with Crippen LogP contribution in [-0.2, 0) is 9.53 Å². The first-order chi connectivity index (χ1) is 7.45. The zero-order valence-electron chi connectivity index (χ0n) is 11.2. The Morgan fingerprint density at radius 3 is 2.44 bits per heavy atom. The van der Waals surface area contributed by atoms with E-state index >= 15 is 0 Å². The van der Waals surface area contributed by atoms with Gasteiger partial charge < -0.3 is 4.74 Å². The van der Waals surface area contributed by atoms with E-state index in [1.807, 2.05) is 20.8 Å². The second-order valence-corrected chi connectivity index (χ2v) is 5.98. The Kier molecular flexibility index (Phi) is 4.97. The van der Waals surface area contributed by atoms with Crippen LogP contribution in [0, 0.1) is 11.3 Å². The first-order valence-electron chi connectivity index (χ1n) is 6.60. The number of Topliss-reactive ketones (excluding diaryl/α,β-unsaturated/α-hetero) is 1. The van der Waals surface area contributed by atoms with Crippen molar-refractivity contribution in [3.63, 3.8) is 0 Å². The van der Waals surface area contributed by atoms with E-state index in [1.165, 1.54) is 25.7 Å². The highest BCUT2D eigenvalue weighted by Crippen LogP contribution is 2.29. The first-order valence-corrected chi connectivity index (χ1v) is 6.60. The molecule has 0 aromatic heterocycles. The van der Waals surface area contributed by atoms with Crippen molar-refractivity contribution < 1.29 is 9.53 Å². The van der Waals surface area contributed by atoms with E-state index in [1.54, 1.807) is 0 Å². The van der Waals surface area contributed by atoms with Crippen molar-refractivity contribution >= 4 is 5.78 Å². The number of ketones is 1. The summed E-state index contributed by atoms with van der Waals surface area (Å²) in [6.07, 6.45) is 6.48. The summed E-state index contributed by atoms with van der Waals surface area (Å²) < 4.78 is 5.83. The maximum Gasteiger partial charge on any atom is 0.163 e. The number of rotatable bonds is 4. The Balaban J connectivity index is 2.38. The smallest absolute Gasteiger partial charge is 0.163 e. The Morgan fingerprint density at radius 1 is 1.25 bits per heavy atom. The van der Waals surface area contributed by atoms with Crippen LogP contribution in [0.2, 0.25) is 0 Å². The Labute approximate surface area is 99.8 Å². The molecule has 0 saturated heterocycles. The summed E-state index contributed by atoms with van der Waals surface area (Å²) in [7, 11) is 0. The van der Waals surface area contributed by atoms with Gasteiger partial charge in [-0.15, -0.1) is 0 Å². The van der Waals surface area contributed by atoms with Gasteiger partial charge in [0.05, 0.1) is 6.10 Å². The molecular weight excluding hydrogens is 200 g/mol. The molecule has 0 bridgehead atoms. The number of ether oxygens (including phenoxy) is 1. The van der Waals surface area contributed by atoms with E-state index in [0.717, 1.165) is 6.42 Å². The van der Waals surface area contributed by atoms with Crippen molar-refractivity contribution in [2.75, 3.05) is 6.61 Å². The maximum absolute atomic E-state index is 11.8. The molecule has 1 saturated carbocycles. The molecule has 2 atom stereocenters. The van der Waals surface area contributed by atoms with Crippen LogP contribution in [0.4, 0.5) is 0 Å². The van der Waals surface area contributed by atoms with Crippen LogP contribution in [0.25, 0.3) is 0 Å². The Bertz CT molecular complexity index is 227. The van der Waals surface area contributed by atoms with Gasteiger partial charge in [0.2, 0.25) is 0 Å². The average Bonchev–Trinajstić information content (AvgIpc) is 2.24. The minimum Gasteiger partial charge on any atom is -0.370 e. The van der Waals surface area contributed by atoms with E-state index in [4.69, 9.17) is 4.74 Å². The van der Waals surface area contributed by atoms with E-state index in [9.17, 15) is 4.79 Å². The molecule has 0 aliphatic heterocycles. The molecule has 16 heavy (non-hydrogen) atoms. The summed E-state index contributed by atoms with van der Waals surface area (Å²) in [6.45, 7) is 8.38. The van der Waals surface area contributed by atoms with E-state index < -0.39 is 0 Å². The molecule has 0 N–H and O–H groups in total. The molecule has 94 valence electrons. The van der Waals surface area contributed by atoms with Gasteiger partial charge in [0, 0.05) is 5.41 Å². The van der Waals surface area contributed by atoms with E-state index in [2.05, 4.69) is 6.92 Å². The van der Waals surface area contributed by atoms with Crippen molar-refractivity contribution in [1.29, 1.82) is 0 Å². The lowest BCUT2D eigenvalue weighted by Crippen LogP contribution is -2.32. The molecule has 2 nitrogen and oxygen atoms in total. The summed E-state index contributed by atoms with van der Waals surface area (Å²) in [5.41, 5.74) is -0.267. The number of carbonyl (C=O) groups excluding carboxylic acids is 1. The normalized spacial score (nSPS) is 26.8. The summed E-state index contributed by atoms with van der Waals surface area (Å²) in [5, 5.41) is 0. The highest BCUT2D eigenvalue weighted by molar-refractivity contribution is 5.84. The van der Waals surface area contributed by atoms with Crippen LogP contribution in [-0.4, -0.2) is 18.5 Å². The fraction of sp³-hybridized carbons (Fsp3) is 0.929. The third-order valence-corrected chi connectivity index (χ3v) is 3.63. The molecular formula is C14H26O2. The summed E-state index contributed by atoms with van der Waals surface area (Å²) in [6, 6.07) is 0. The summed E-state index contributed by atoms with van der Waals surface area (Å²) in [5.74, 6) is 0.884. The predicted molar refractivity (Wildman–Crippen MR) is 66.5 cm³/mol. The van der Waals surface area contributed by atoms with Crippen LogP contribution in [0.5, 0.6) is 0 Å². The molecule has 1 fully saturated rings. The van der Waals surface area contributed by atoms with Gasteiger partial charge in [0.25, 0.3) is 0 Å². The molecule has 0 aromatic carbocycles. The highest BCUT2D eigenvalue weighted by atomic mass is 16.5. The third-order valence-electron chi connectivity index (χ3n) is 3.63. The molecule has 0 radical (unpaired) electrons. The summed E-state index contributed by atoms with van der Waals surface area (Å²) in [4.78, 5) is 11.8. The topological polar surface area (TPSA) is 26.3 Å². The molecule has 1 rings (SSSR count). The molecule has 0 aromatic rings. The molecule has 0 amide bonds. The molecule has 1 aliphatic carbocycles. The van der Waals surface area contributed by atoms with Gasteiger partial charge in [-0.05, 0) is 18.8 Å². The van der Waals surface area contributed by atoms with Crippen LogP contribution in [0.15, 0.2) is 0 Å². The fourth-order valence-corrected chi connectivity index (χ4v) is 2.26. The minimum absolute atomic E-state index is 0.216. The Morgan fingerprint density at radius 2 is 1.88 bits per heavy atom. The van der Waals surface area contributed by atoms with Crippen molar-refractivity contribution in [3.8, 4) is 0 Å². The van der Waals surface area contributed by atoms with Crippen LogP contribution < -0.4 is 0 Å². The van der Waals surface area contributed by atoms with Gasteiger partial charge >= 0.3 is 0 Å². The van der Waals surface area contributed by atoms with Crippen molar-refractivity contribution in [2.24, 2.45) is 11.3 Å². The minimum atomic E-state index is -0.267. The lowest BCUT2D eigenvalue weighted by Gasteiger charge is -2.31. The van der Waals surface area contributed by atoms with Crippen LogP contribution in [0.1, 0.15) is 59.8 Å². The lowest BCUT2D eigenvalue weighted by atomic mass is 9.84. The third kappa shape index (κ3) is 3.89. The second kappa shape index (κ2) is 5.81.